The Balaban J connectivity index is 1.65. The Morgan fingerprint density at radius 3 is 2.00 bits per heavy atom. The summed E-state index contributed by atoms with van der Waals surface area (Å²) in [6, 6.07) is 26.0. The van der Waals surface area contributed by atoms with E-state index in [9.17, 15) is 9.59 Å². The zero-order chi connectivity index (χ0) is 25.5. The highest BCUT2D eigenvalue weighted by Crippen LogP contribution is 2.33. The van der Waals surface area contributed by atoms with Crippen LogP contribution in [0, 0.1) is 0 Å². The van der Waals surface area contributed by atoms with Gasteiger partial charge in [0.25, 0.3) is 5.91 Å². The summed E-state index contributed by atoms with van der Waals surface area (Å²) >= 11 is 0. The molecule has 1 fully saturated rings. The number of benzene rings is 3. The smallest absolute Gasteiger partial charge is 0.253 e. The summed E-state index contributed by atoms with van der Waals surface area (Å²) in [7, 11) is 0. The van der Waals surface area contributed by atoms with Crippen molar-refractivity contribution in [2.75, 3.05) is 26.2 Å². The zero-order valence-electron chi connectivity index (χ0n) is 21.2. The van der Waals surface area contributed by atoms with Crippen LogP contribution in [0.4, 0.5) is 0 Å². The van der Waals surface area contributed by atoms with Crippen molar-refractivity contribution in [1.29, 1.82) is 0 Å². The maximum Gasteiger partial charge on any atom is 0.253 e. The van der Waals surface area contributed by atoms with Gasteiger partial charge in [-0.1, -0.05) is 60.2 Å². The number of likely N-dealkylation sites (tertiary alicyclic amines) is 1. The summed E-state index contributed by atoms with van der Waals surface area (Å²) < 4.78 is 0. The lowest BCUT2D eigenvalue weighted by molar-refractivity contribution is 0.0772. The number of nitrogens with two attached hydrogens (primary N) is 1. The third kappa shape index (κ3) is 5.92. The molecule has 0 bridgehead atoms. The lowest BCUT2D eigenvalue weighted by Gasteiger charge is -2.30. The molecule has 0 spiro atoms. The van der Waals surface area contributed by atoms with Crippen LogP contribution in [0.3, 0.4) is 0 Å². The Kier molecular flexibility index (Phi) is 8.34. The minimum Gasteiger partial charge on any atom is -0.366 e. The first-order chi connectivity index (χ1) is 17.5. The Bertz CT molecular complexity index is 1220. The van der Waals surface area contributed by atoms with Crippen LogP contribution in [0.5, 0.6) is 0 Å². The van der Waals surface area contributed by atoms with Crippen molar-refractivity contribution < 1.29 is 9.59 Å². The van der Waals surface area contributed by atoms with Crippen LogP contribution in [-0.4, -0.2) is 47.8 Å². The van der Waals surface area contributed by atoms with Gasteiger partial charge < -0.3 is 10.6 Å². The first-order valence-electron chi connectivity index (χ1n) is 12.8. The van der Waals surface area contributed by atoms with Crippen LogP contribution >= 0.6 is 0 Å². The van der Waals surface area contributed by atoms with Crippen molar-refractivity contribution in [2.45, 2.75) is 33.2 Å². The van der Waals surface area contributed by atoms with Gasteiger partial charge in [0.1, 0.15) is 0 Å². The van der Waals surface area contributed by atoms with Gasteiger partial charge in [-0.15, -0.1) is 0 Å². The Morgan fingerprint density at radius 2 is 1.39 bits per heavy atom. The van der Waals surface area contributed by atoms with Crippen LogP contribution in [-0.2, 0) is 6.54 Å². The zero-order valence-corrected chi connectivity index (χ0v) is 21.2. The van der Waals surface area contributed by atoms with E-state index in [1.165, 1.54) is 11.1 Å². The summed E-state index contributed by atoms with van der Waals surface area (Å²) in [6.07, 6.45) is 1.90. The van der Waals surface area contributed by atoms with Gasteiger partial charge in [-0.3, -0.25) is 14.5 Å². The van der Waals surface area contributed by atoms with Crippen LogP contribution < -0.4 is 5.73 Å². The Hall–Kier alpha value is -3.70. The van der Waals surface area contributed by atoms with Gasteiger partial charge in [0.2, 0.25) is 5.91 Å². The molecule has 1 saturated heterocycles. The lowest BCUT2D eigenvalue weighted by Crippen LogP contribution is -2.30. The van der Waals surface area contributed by atoms with Crippen molar-refractivity contribution in [3.63, 3.8) is 0 Å². The molecule has 3 aromatic carbocycles. The molecule has 2 amide bonds. The molecular formula is C31H35N3O2. The quantitative estimate of drug-likeness (QED) is 0.471. The molecule has 5 nitrogen and oxygen atoms in total. The van der Waals surface area contributed by atoms with Crippen molar-refractivity contribution in [3.8, 4) is 0 Å². The van der Waals surface area contributed by atoms with Gasteiger partial charge in [-0.25, -0.2) is 0 Å². The summed E-state index contributed by atoms with van der Waals surface area (Å²) in [5.41, 5.74) is 12.7. The number of rotatable bonds is 8. The van der Waals surface area contributed by atoms with Crippen LogP contribution in [0.25, 0.3) is 5.57 Å². The number of hydrogen-bond donors (Lipinski definition) is 1. The number of amides is 2. The topological polar surface area (TPSA) is 66.6 Å². The Labute approximate surface area is 214 Å². The third-order valence-electron chi connectivity index (χ3n) is 6.97. The summed E-state index contributed by atoms with van der Waals surface area (Å²) in [4.78, 5) is 29.0. The fraction of sp³-hybridized carbons (Fsp3) is 0.290. The SMILES string of the molecule is CCN(CC)C(=O)c1ccc(C(=C2CCN(Cc3ccccc3)CC2)c2cccc(C(N)=O)c2)cc1. The largest absolute Gasteiger partial charge is 0.366 e. The van der Waals surface area contributed by atoms with Gasteiger partial charge in [0.15, 0.2) is 0 Å². The third-order valence-corrected chi connectivity index (χ3v) is 6.97. The standard InChI is InChI=1S/C31H35N3O2/c1-3-34(4-2)31(36)26-15-13-24(14-16-26)29(27-11-8-12-28(21-27)30(32)35)25-17-19-33(20-18-25)22-23-9-6-5-7-10-23/h5-16,21H,3-4,17-20,22H2,1-2H3,(H2,32,35). The van der Waals surface area contributed by atoms with Crippen LogP contribution in [0.2, 0.25) is 0 Å². The van der Waals surface area contributed by atoms with Crippen molar-refractivity contribution in [1.82, 2.24) is 9.80 Å². The number of piperidine rings is 1. The molecular weight excluding hydrogens is 446 g/mol. The van der Waals surface area contributed by atoms with E-state index in [1.807, 2.05) is 67.3 Å². The second kappa shape index (κ2) is 11.8. The van der Waals surface area contributed by atoms with E-state index in [2.05, 4.69) is 29.2 Å². The van der Waals surface area contributed by atoms with Crippen molar-refractivity contribution in [3.05, 3.63) is 112 Å². The highest BCUT2D eigenvalue weighted by molar-refractivity contribution is 5.96. The molecule has 0 unspecified atom stereocenters. The number of primary amides is 1. The Morgan fingerprint density at radius 1 is 0.778 bits per heavy atom. The fourth-order valence-electron chi connectivity index (χ4n) is 4.95. The molecule has 3 aromatic rings. The van der Waals surface area contributed by atoms with E-state index in [-0.39, 0.29) is 5.91 Å². The molecule has 2 N–H and O–H groups in total. The molecule has 1 aliphatic heterocycles. The molecule has 4 rings (SSSR count). The number of carbonyl (C=O) groups excluding carboxylic acids is 2. The molecule has 1 heterocycles. The van der Waals surface area contributed by atoms with E-state index >= 15 is 0 Å². The molecule has 0 aliphatic carbocycles. The van der Waals surface area contributed by atoms with Gasteiger partial charge in [0.05, 0.1) is 0 Å². The second-order valence-electron chi connectivity index (χ2n) is 9.24. The van der Waals surface area contributed by atoms with E-state index in [0.717, 1.165) is 49.2 Å². The van der Waals surface area contributed by atoms with Gasteiger partial charge in [-0.05, 0) is 73.2 Å². The van der Waals surface area contributed by atoms with E-state index in [1.54, 1.807) is 6.07 Å². The number of hydrogen-bond acceptors (Lipinski definition) is 3. The highest BCUT2D eigenvalue weighted by Gasteiger charge is 2.20. The van der Waals surface area contributed by atoms with Gasteiger partial charge in [0, 0.05) is 43.9 Å². The molecule has 36 heavy (non-hydrogen) atoms. The van der Waals surface area contributed by atoms with E-state index < -0.39 is 5.91 Å². The fourth-order valence-corrected chi connectivity index (χ4v) is 4.95. The normalized spacial score (nSPS) is 13.9. The van der Waals surface area contributed by atoms with Gasteiger partial charge in [-0.2, -0.15) is 0 Å². The number of nitrogens with zero attached hydrogens (tertiary/aromatic N) is 2. The average molecular weight is 482 g/mol. The highest BCUT2D eigenvalue weighted by atomic mass is 16.2. The second-order valence-corrected chi connectivity index (χ2v) is 9.24. The predicted octanol–water partition coefficient (Wildman–Crippen LogP) is 5.37. The minimum absolute atomic E-state index is 0.0469. The molecule has 186 valence electrons. The minimum atomic E-state index is -0.431. The molecule has 0 radical (unpaired) electrons. The molecule has 0 aromatic heterocycles. The summed E-state index contributed by atoms with van der Waals surface area (Å²) in [5.74, 6) is -0.384. The average Bonchev–Trinajstić information content (AvgIpc) is 2.91. The maximum absolute atomic E-state index is 12.8. The lowest BCUT2D eigenvalue weighted by atomic mass is 9.87. The molecule has 0 saturated carbocycles. The summed E-state index contributed by atoms with van der Waals surface area (Å²) in [5, 5.41) is 0. The predicted molar refractivity (Wildman–Crippen MR) is 146 cm³/mol. The van der Waals surface area contributed by atoms with Crippen molar-refractivity contribution >= 4 is 17.4 Å². The molecule has 0 atom stereocenters. The first kappa shape index (κ1) is 25.4. The van der Waals surface area contributed by atoms with E-state index in [0.29, 0.717) is 24.2 Å². The van der Waals surface area contributed by atoms with Crippen LogP contribution in [0.1, 0.15) is 64.1 Å². The van der Waals surface area contributed by atoms with Gasteiger partial charge >= 0.3 is 0 Å². The first-order valence-corrected chi connectivity index (χ1v) is 12.8. The molecule has 1 aliphatic rings. The number of carbonyl (C=O) groups is 2. The van der Waals surface area contributed by atoms with Crippen LogP contribution in [0.15, 0.2) is 84.4 Å². The maximum atomic E-state index is 12.8. The molecule has 5 heteroatoms. The van der Waals surface area contributed by atoms with Crippen molar-refractivity contribution in [2.24, 2.45) is 5.73 Å². The summed E-state index contributed by atoms with van der Waals surface area (Å²) in [6.45, 7) is 8.26. The van der Waals surface area contributed by atoms with E-state index in [4.69, 9.17) is 5.73 Å². The monoisotopic (exact) mass is 481 g/mol.